The van der Waals surface area contributed by atoms with Crippen LogP contribution in [0, 0.1) is 0 Å². The smallest absolute Gasteiger partial charge is 0.265 e. The van der Waals surface area contributed by atoms with Crippen LogP contribution in [0.2, 0.25) is 10.0 Å². The summed E-state index contributed by atoms with van der Waals surface area (Å²) in [5.74, 6) is -0.178. The lowest BCUT2D eigenvalue weighted by Crippen LogP contribution is -2.43. The molecule has 0 saturated heterocycles. The Kier molecular flexibility index (Phi) is 6.95. The Hall–Kier alpha value is -2.65. The second-order valence-corrected chi connectivity index (χ2v) is 8.78. The molecule has 10 heteroatoms. The Morgan fingerprint density at radius 3 is 2.91 bits per heavy atom. The topological polar surface area (TPSA) is 80.8 Å². The minimum absolute atomic E-state index is 0.140. The molecule has 3 aromatic rings. The molecule has 0 atom stereocenters. The number of amides is 2. The van der Waals surface area contributed by atoms with Gasteiger partial charge < -0.3 is 14.8 Å². The second kappa shape index (κ2) is 9.87. The molecule has 0 spiro atoms. The van der Waals surface area contributed by atoms with Crippen molar-refractivity contribution in [2.24, 2.45) is 0 Å². The molecule has 32 heavy (non-hydrogen) atoms. The van der Waals surface area contributed by atoms with E-state index in [9.17, 15) is 9.59 Å². The van der Waals surface area contributed by atoms with E-state index >= 15 is 0 Å². The summed E-state index contributed by atoms with van der Waals surface area (Å²) in [6.45, 7) is 0.271. The molecular formula is C22H19Cl2N3O4S. The number of methoxy groups -OCH3 is 1. The van der Waals surface area contributed by atoms with Gasteiger partial charge in [-0.2, -0.15) is 0 Å². The van der Waals surface area contributed by atoms with Crippen molar-refractivity contribution in [1.82, 2.24) is 4.98 Å². The summed E-state index contributed by atoms with van der Waals surface area (Å²) >= 11 is 13.6. The maximum atomic E-state index is 12.7. The quantitative estimate of drug-likeness (QED) is 0.519. The Morgan fingerprint density at radius 2 is 2.12 bits per heavy atom. The number of rotatable bonds is 7. The van der Waals surface area contributed by atoms with E-state index in [0.717, 1.165) is 22.7 Å². The van der Waals surface area contributed by atoms with E-state index in [0.29, 0.717) is 33.8 Å². The summed E-state index contributed by atoms with van der Waals surface area (Å²) in [4.78, 5) is 31.3. The molecule has 0 saturated carbocycles. The number of fused-ring (bicyclic) bond motifs is 1. The molecular weight excluding hydrogens is 473 g/mol. The summed E-state index contributed by atoms with van der Waals surface area (Å²) in [5, 5.41) is 6.41. The average molecular weight is 492 g/mol. The largest absolute Gasteiger partial charge is 0.482 e. The van der Waals surface area contributed by atoms with Gasteiger partial charge >= 0.3 is 0 Å². The number of hydrogen-bond donors (Lipinski definition) is 1. The van der Waals surface area contributed by atoms with Gasteiger partial charge in [0.25, 0.3) is 5.91 Å². The molecule has 1 aliphatic heterocycles. The van der Waals surface area contributed by atoms with Gasteiger partial charge in [0, 0.05) is 29.5 Å². The Bertz CT molecular complexity index is 1170. The standard InChI is InChI=1S/C22H19Cl2N3O4S/c1-30-7-6-21-26-17(12-32-21)13-2-5-19-18(8-13)27(22(29)11-31-19)10-20(28)25-16-4-3-14(23)9-15(16)24/h2-5,8-9,12H,6-7,10-11H2,1H3,(H,25,28). The number of halogens is 2. The fourth-order valence-corrected chi connectivity index (χ4v) is 4.45. The Morgan fingerprint density at radius 1 is 1.28 bits per heavy atom. The zero-order chi connectivity index (χ0) is 22.7. The van der Waals surface area contributed by atoms with Crippen LogP contribution in [0.1, 0.15) is 5.01 Å². The van der Waals surface area contributed by atoms with Gasteiger partial charge in [-0.05, 0) is 36.4 Å². The van der Waals surface area contributed by atoms with Crippen LogP contribution in [0.4, 0.5) is 11.4 Å². The predicted octanol–water partition coefficient (Wildman–Crippen LogP) is 4.67. The lowest BCUT2D eigenvalue weighted by Gasteiger charge is -2.29. The van der Waals surface area contributed by atoms with Gasteiger partial charge in [0.2, 0.25) is 5.91 Å². The van der Waals surface area contributed by atoms with Crippen LogP contribution >= 0.6 is 34.5 Å². The van der Waals surface area contributed by atoms with Crippen LogP contribution in [-0.4, -0.2) is 43.7 Å². The van der Waals surface area contributed by atoms with Crippen molar-refractivity contribution in [3.05, 3.63) is 56.8 Å². The zero-order valence-corrected chi connectivity index (χ0v) is 19.4. The zero-order valence-electron chi connectivity index (χ0n) is 17.1. The lowest BCUT2D eigenvalue weighted by atomic mass is 10.1. The monoisotopic (exact) mass is 491 g/mol. The van der Waals surface area contributed by atoms with Crippen molar-refractivity contribution in [3.63, 3.8) is 0 Å². The molecule has 7 nitrogen and oxygen atoms in total. The molecule has 4 rings (SSSR count). The number of anilines is 2. The highest BCUT2D eigenvalue weighted by atomic mass is 35.5. The van der Waals surface area contributed by atoms with Gasteiger partial charge in [0.1, 0.15) is 12.3 Å². The first kappa shape index (κ1) is 22.5. The van der Waals surface area contributed by atoms with E-state index in [4.69, 9.17) is 32.7 Å². The third-order valence-corrected chi connectivity index (χ3v) is 6.23. The fourth-order valence-electron chi connectivity index (χ4n) is 3.21. The van der Waals surface area contributed by atoms with Crippen LogP contribution in [0.5, 0.6) is 5.75 Å². The number of carbonyl (C=O) groups is 2. The number of benzene rings is 2. The third-order valence-electron chi connectivity index (χ3n) is 4.78. The van der Waals surface area contributed by atoms with Crippen molar-refractivity contribution in [1.29, 1.82) is 0 Å². The Balaban J connectivity index is 1.55. The van der Waals surface area contributed by atoms with E-state index in [1.807, 2.05) is 17.5 Å². The van der Waals surface area contributed by atoms with Gasteiger partial charge in [-0.15, -0.1) is 11.3 Å². The van der Waals surface area contributed by atoms with Crippen LogP contribution in [0.15, 0.2) is 41.8 Å². The van der Waals surface area contributed by atoms with Gasteiger partial charge in [0.05, 0.1) is 33.7 Å². The molecule has 1 aromatic heterocycles. The summed E-state index contributed by atoms with van der Waals surface area (Å²) in [7, 11) is 1.65. The molecule has 166 valence electrons. The molecule has 0 unspecified atom stereocenters. The first-order chi connectivity index (χ1) is 15.4. The molecule has 2 heterocycles. The first-order valence-corrected chi connectivity index (χ1v) is 11.3. The van der Waals surface area contributed by atoms with E-state index in [1.165, 1.54) is 11.0 Å². The number of nitrogens with one attached hydrogen (secondary N) is 1. The molecule has 0 fully saturated rings. The molecule has 0 bridgehead atoms. The Labute approximate surface area is 198 Å². The van der Waals surface area contributed by atoms with Crippen molar-refractivity contribution >= 4 is 57.7 Å². The van der Waals surface area contributed by atoms with E-state index in [-0.39, 0.29) is 19.1 Å². The summed E-state index contributed by atoms with van der Waals surface area (Å²) < 4.78 is 10.7. The number of hydrogen-bond acceptors (Lipinski definition) is 6. The van der Waals surface area contributed by atoms with Crippen molar-refractivity contribution in [2.45, 2.75) is 6.42 Å². The number of thiazole rings is 1. The van der Waals surface area contributed by atoms with Gasteiger partial charge in [0.15, 0.2) is 6.61 Å². The maximum Gasteiger partial charge on any atom is 0.265 e. The lowest BCUT2D eigenvalue weighted by molar-refractivity contribution is -0.123. The number of carbonyl (C=O) groups excluding carboxylic acids is 2. The molecule has 1 N–H and O–H groups in total. The van der Waals surface area contributed by atoms with Crippen molar-refractivity contribution in [3.8, 4) is 17.0 Å². The van der Waals surface area contributed by atoms with Gasteiger partial charge in [-0.3, -0.25) is 14.5 Å². The van der Waals surface area contributed by atoms with Crippen LogP contribution in [0.3, 0.4) is 0 Å². The second-order valence-electron chi connectivity index (χ2n) is 6.99. The first-order valence-electron chi connectivity index (χ1n) is 9.70. The fraction of sp³-hybridized carbons (Fsp3) is 0.227. The van der Waals surface area contributed by atoms with Crippen molar-refractivity contribution in [2.75, 3.05) is 37.1 Å². The number of ether oxygens (including phenoxy) is 2. The van der Waals surface area contributed by atoms with Crippen LogP contribution < -0.4 is 15.0 Å². The molecule has 0 aliphatic carbocycles. The van der Waals surface area contributed by atoms with Gasteiger partial charge in [-0.1, -0.05) is 23.2 Å². The average Bonchev–Trinajstić information content (AvgIpc) is 3.25. The highest BCUT2D eigenvalue weighted by molar-refractivity contribution is 7.09. The van der Waals surface area contributed by atoms with Crippen LogP contribution in [-0.2, 0) is 20.7 Å². The minimum Gasteiger partial charge on any atom is -0.482 e. The highest BCUT2D eigenvalue weighted by Crippen LogP contribution is 2.36. The van der Waals surface area contributed by atoms with Crippen LogP contribution in [0.25, 0.3) is 11.3 Å². The number of nitrogens with zero attached hydrogens (tertiary/aromatic N) is 2. The summed E-state index contributed by atoms with van der Waals surface area (Å²) in [6.07, 6.45) is 0.729. The van der Waals surface area contributed by atoms with E-state index < -0.39 is 5.91 Å². The highest BCUT2D eigenvalue weighted by Gasteiger charge is 2.28. The minimum atomic E-state index is -0.392. The predicted molar refractivity (Wildman–Crippen MR) is 126 cm³/mol. The molecule has 0 radical (unpaired) electrons. The van der Waals surface area contributed by atoms with E-state index in [2.05, 4.69) is 10.3 Å². The molecule has 1 aliphatic rings. The summed E-state index contributed by atoms with van der Waals surface area (Å²) in [5.41, 5.74) is 2.55. The van der Waals surface area contributed by atoms with Crippen molar-refractivity contribution < 1.29 is 19.1 Å². The molecule has 2 amide bonds. The molecule has 2 aromatic carbocycles. The summed E-state index contributed by atoms with van der Waals surface area (Å²) in [6, 6.07) is 10.2. The third kappa shape index (κ3) is 5.05. The SMILES string of the molecule is COCCc1nc(-c2ccc3c(c2)N(CC(=O)Nc2ccc(Cl)cc2Cl)C(=O)CO3)cs1. The van der Waals surface area contributed by atoms with E-state index in [1.54, 1.807) is 36.6 Å². The normalized spacial score (nSPS) is 13.0. The number of aromatic nitrogens is 1. The van der Waals surface area contributed by atoms with Gasteiger partial charge in [-0.25, -0.2) is 4.98 Å². The maximum absolute atomic E-state index is 12.7.